The van der Waals surface area contributed by atoms with Gasteiger partial charge in [0, 0.05) is 25.7 Å². The number of rotatable bonds is 6. The lowest BCUT2D eigenvalue weighted by atomic mass is 10.1. The number of hydrogen-bond acceptors (Lipinski definition) is 2. The highest BCUT2D eigenvalue weighted by atomic mass is 15.1. The van der Waals surface area contributed by atoms with Crippen LogP contribution in [0.3, 0.4) is 0 Å². The smallest absolute Gasteiger partial charge is 0.0237 e. The van der Waals surface area contributed by atoms with Crippen molar-refractivity contribution in [3.63, 3.8) is 0 Å². The summed E-state index contributed by atoms with van der Waals surface area (Å²) in [6, 6.07) is 9.71. The van der Waals surface area contributed by atoms with Crippen LogP contribution in [0, 0.1) is 0 Å². The largest absolute Gasteiger partial charge is 0.314 e. The Hall–Kier alpha value is -1.12. The van der Waals surface area contributed by atoms with Crippen LogP contribution in [0.5, 0.6) is 0 Å². The maximum atomic E-state index is 3.46. The SMILES string of the molecule is CC1=CCN(Cc2ccc(CCNC(C)C)cc2)CC1. The van der Waals surface area contributed by atoms with Crippen molar-refractivity contribution in [1.82, 2.24) is 10.2 Å². The summed E-state index contributed by atoms with van der Waals surface area (Å²) in [4.78, 5) is 2.52. The van der Waals surface area contributed by atoms with Gasteiger partial charge in [0.2, 0.25) is 0 Å². The van der Waals surface area contributed by atoms with E-state index in [1.54, 1.807) is 0 Å². The van der Waals surface area contributed by atoms with Crippen LogP contribution in [0.1, 0.15) is 38.3 Å². The second-order valence-corrected chi connectivity index (χ2v) is 6.21. The third kappa shape index (κ3) is 5.10. The fraction of sp³-hybridized carbons (Fsp3) is 0.556. The molecule has 0 saturated carbocycles. The van der Waals surface area contributed by atoms with Crippen molar-refractivity contribution in [2.24, 2.45) is 0 Å². The Morgan fingerprint density at radius 3 is 2.45 bits per heavy atom. The van der Waals surface area contributed by atoms with E-state index < -0.39 is 0 Å². The summed E-state index contributed by atoms with van der Waals surface area (Å²) in [6.45, 7) is 11.1. The first kappa shape index (κ1) is 15.3. The first-order chi connectivity index (χ1) is 9.63. The molecule has 0 atom stereocenters. The lowest BCUT2D eigenvalue weighted by molar-refractivity contribution is 0.286. The first-order valence-electron chi connectivity index (χ1n) is 7.82. The van der Waals surface area contributed by atoms with Crippen molar-refractivity contribution < 1.29 is 0 Å². The zero-order valence-corrected chi connectivity index (χ0v) is 13.2. The minimum atomic E-state index is 0.574. The quantitative estimate of drug-likeness (QED) is 0.799. The predicted octanol–water partition coefficient (Wildman–Crippen LogP) is 3.38. The van der Waals surface area contributed by atoms with Gasteiger partial charge < -0.3 is 5.32 Å². The molecule has 110 valence electrons. The van der Waals surface area contributed by atoms with E-state index in [1.165, 1.54) is 29.7 Å². The summed E-state index contributed by atoms with van der Waals surface area (Å²) in [5.74, 6) is 0. The van der Waals surface area contributed by atoms with Crippen molar-refractivity contribution in [2.75, 3.05) is 19.6 Å². The molecule has 2 heteroatoms. The van der Waals surface area contributed by atoms with Gasteiger partial charge >= 0.3 is 0 Å². The number of nitrogens with zero attached hydrogens (tertiary/aromatic N) is 1. The third-order valence-corrected chi connectivity index (χ3v) is 3.92. The van der Waals surface area contributed by atoms with Gasteiger partial charge in [0.15, 0.2) is 0 Å². The molecular formula is C18H28N2. The highest BCUT2D eigenvalue weighted by Gasteiger charge is 2.09. The second-order valence-electron chi connectivity index (χ2n) is 6.21. The van der Waals surface area contributed by atoms with Gasteiger partial charge in [-0.2, -0.15) is 0 Å². The molecule has 1 N–H and O–H groups in total. The van der Waals surface area contributed by atoms with E-state index in [-0.39, 0.29) is 0 Å². The lowest BCUT2D eigenvalue weighted by Gasteiger charge is -2.25. The van der Waals surface area contributed by atoms with E-state index in [1.807, 2.05) is 0 Å². The fourth-order valence-corrected chi connectivity index (χ4v) is 2.53. The topological polar surface area (TPSA) is 15.3 Å². The molecule has 0 saturated heterocycles. The molecule has 0 radical (unpaired) electrons. The highest BCUT2D eigenvalue weighted by Crippen LogP contribution is 2.13. The van der Waals surface area contributed by atoms with Crippen molar-refractivity contribution >= 4 is 0 Å². The Balaban J connectivity index is 1.79. The van der Waals surface area contributed by atoms with Crippen molar-refractivity contribution in [2.45, 2.75) is 46.2 Å². The summed E-state index contributed by atoms with van der Waals surface area (Å²) < 4.78 is 0. The fourth-order valence-electron chi connectivity index (χ4n) is 2.53. The lowest BCUT2D eigenvalue weighted by Crippen LogP contribution is -2.27. The molecule has 0 aromatic heterocycles. The average Bonchev–Trinajstić information content (AvgIpc) is 2.43. The van der Waals surface area contributed by atoms with E-state index >= 15 is 0 Å². The second kappa shape index (κ2) is 7.61. The Kier molecular flexibility index (Phi) is 5.81. The van der Waals surface area contributed by atoms with E-state index in [0.29, 0.717) is 6.04 Å². The highest BCUT2D eigenvalue weighted by molar-refractivity contribution is 5.23. The molecule has 2 rings (SSSR count). The van der Waals surface area contributed by atoms with Crippen molar-refractivity contribution in [1.29, 1.82) is 0 Å². The van der Waals surface area contributed by atoms with Crippen molar-refractivity contribution in [3.8, 4) is 0 Å². The summed E-state index contributed by atoms with van der Waals surface area (Å²) in [7, 11) is 0. The van der Waals surface area contributed by atoms with Crippen LogP contribution in [-0.4, -0.2) is 30.6 Å². The molecule has 0 unspecified atom stereocenters. The Labute approximate surface area is 123 Å². The van der Waals surface area contributed by atoms with Crippen LogP contribution in [0.15, 0.2) is 35.9 Å². The molecular weight excluding hydrogens is 244 g/mol. The Morgan fingerprint density at radius 1 is 1.15 bits per heavy atom. The first-order valence-corrected chi connectivity index (χ1v) is 7.82. The average molecular weight is 272 g/mol. The summed E-state index contributed by atoms with van der Waals surface area (Å²) in [6.07, 6.45) is 4.69. The van der Waals surface area contributed by atoms with E-state index in [9.17, 15) is 0 Å². The molecule has 1 aromatic carbocycles. The monoisotopic (exact) mass is 272 g/mol. The summed E-state index contributed by atoms with van der Waals surface area (Å²) in [5, 5.41) is 3.46. The van der Waals surface area contributed by atoms with Crippen LogP contribution >= 0.6 is 0 Å². The Morgan fingerprint density at radius 2 is 1.85 bits per heavy atom. The van der Waals surface area contributed by atoms with Gasteiger partial charge in [-0.15, -0.1) is 0 Å². The molecule has 2 nitrogen and oxygen atoms in total. The Bertz CT molecular complexity index is 431. The molecule has 0 aliphatic carbocycles. The van der Waals surface area contributed by atoms with Gasteiger partial charge in [0.1, 0.15) is 0 Å². The van der Waals surface area contributed by atoms with E-state index in [4.69, 9.17) is 0 Å². The molecule has 1 aliphatic heterocycles. The van der Waals surface area contributed by atoms with Crippen molar-refractivity contribution in [3.05, 3.63) is 47.0 Å². The van der Waals surface area contributed by atoms with Gasteiger partial charge in [0.05, 0.1) is 0 Å². The van der Waals surface area contributed by atoms with Crippen LogP contribution < -0.4 is 5.32 Å². The molecule has 1 aliphatic rings. The van der Waals surface area contributed by atoms with E-state index in [2.05, 4.69) is 61.3 Å². The summed E-state index contributed by atoms with van der Waals surface area (Å²) >= 11 is 0. The molecule has 20 heavy (non-hydrogen) atoms. The van der Waals surface area contributed by atoms with Gasteiger partial charge in [-0.1, -0.05) is 49.8 Å². The summed E-state index contributed by atoms with van der Waals surface area (Å²) in [5.41, 5.74) is 4.39. The molecule has 0 amide bonds. The van der Waals surface area contributed by atoms with Crippen LogP contribution in [0.4, 0.5) is 0 Å². The molecule has 0 spiro atoms. The maximum absolute atomic E-state index is 3.46. The molecule has 1 aromatic rings. The van der Waals surface area contributed by atoms with Gasteiger partial charge in [0.25, 0.3) is 0 Å². The van der Waals surface area contributed by atoms with Gasteiger partial charge in [-0.3, -0.25) is 4.90 Å². The molecule has 1 heterocycles. The minimum absolute atomic E-state index is 0.574. The van der Waals surface area contributed by atoms with Gasteiger partial charge in [-0.25, -0.2) is 0 Å². The zero-order chi connectivity index (χ0) is 14.4. The normalized spacial score (nSPS) is 16.5. The van der Waals surface area contributed by atoms with E-state index in [0.717, 1.165) is 26.1 Å². The molecule has 0 bridgehead atoms. The zero-order valence-electron chi connectivity index (χ0n) is 13.2. The van der Waals surface area contributed by atoms with Gasteiger partial charge in [-0.05, 0) is 37.4 Å². The minimum Gasteiger partial charge on any atom is -0.314 e. The number of nitrogens with one attached hydrogen (secondary N) is 1. The maximum Gasteiger partial charge on any atom is 0.0237 e. The number of hydrogen-bond donors (Lipinski definition) is 1. The third-order valence-electron chi connectivity index (χ3n) is 3.92. The van der Waals surface area contributed by atoms with Crippen LogP contribution in [-0.2, 0) is 13.0 Å². The van der Waals surface area contributed by atoms with Crippen LogP contribution in [0.25, 0.3) is 0 Å². The molecule has 0 fully saturated rings. The predicted molar refractivity (Wildman–Crippen MR) is 86.9 cm³/mol. The van der Waals surface area contributed by atoms with Crippen LogP contribution in [0.2, 0.25) is 0 Å². The number of benzene rings is 1. The standard InChI is InChI=1S/C18H28N2/c1-15(2)19-11-8-17-4-6-18(7-5-17)14-20-12-9-16(3)10-13-20/h4-7,9,15,19H,8,10-14H2,1-3H3.